The highest BCUT2D eigenvalue weighted by Gasteiger charge is 2.49. The lowest BCUT2D eigenvalue weighted by molar-refractivity contribution is -0.00579. The SMILES string of the molecule is CC1=CCC2CC1C2(C)C.Cl. The summed E-state index contributed by atoms with van der Waals surface area (Å²) in [6.45, 7) is 7.13. The van der Waals surface area contributed by atoms with Gasteiger partial charge >= 0.3 is 0 Å². The van der Waals surface area contributed by atoms with Gasteiger partial charge in [-0.1, -0.05) is 25.5 Å². The van der Waals surface area contributed by atoms with E-state index in [1.807, 2.05) is 0 Å². The van der Waals surface area contributed by atoms with Crippen LogP contribution in [0.4, 0.5) is 0 Å². The second kappa shape index (κ2) is 2.52. The number of fused-ring (bicyclic) bond motifs is 1. The number of rotatable bonds is 0. The summed E-state index contributed by atoms with van der Waals surface area (Å²) in [5.41, 5.74) is 2.28. The van der Waals surface area contributed by atoms with E-state index >= 15 is 0 Å². The summed E-state index contributed by atoms with van der Waals surface area (Å²) in [7, 11) is 0. The van der Waals surface area contributed by atoms with Crippen molar-refractivity contribution in [2.75, 3.05) is 0 Å². The van der Waals surface area contributed by atoms with E-state index in [2.05, 4.69) is 26.8 Å². The maximum atomic E-state index is 2.43. The molecule has 11 heavy (non-hydrogen) atoms. The van der Waals surface area contributed by atoms with E-state index in [0.29, 0.717) is 5.41 Å². The molecule has 0 aromatic carbocycles. The van der Waals surface area contributed by atoms with Crippen molar-refractivity contribution in [2.45, 2.75) is 33.6 Å². The Labute approximate surface area is 75.5 Å². The van der Waals surface area contributed by atoms with Gasteiger partial charge in [0.2, 0.25) is 0 Å². The van der Waals surface area contributed by atoms with E-state index in [1.54, 1.807) is 5.57 Å². The molecule has 2 atom stereocenters. The van der Waals surface area contributed by atoms with E-state index in [0.717, 1.165) is 11.8 Å². The zero-order valence-corrected chi connectivity index (χ0v) is 8.37. The first-order valence-electron chi connectivity index (χ1n) is 4.29. The Hall–Kier alpha value is 0.0300. The third-order valence-electron chi connectivity index (χ3n) is 3.74. The second-order valence-corrected chi connectivity index (χ2v) is 4.49. The molecule has 0 radical (unpaired) electrons. The van der Waals surface area contributed by atoms with E-state index in [9.17, 15) is 0 Å². The zero-order chi connectivity index (χ0) is 7.35. The molecule has 2 unspecified atom stereocenters. The van der Waals surface area contributed by atoms with E-state index in [4.69, 9.17) is 0 Å². The molecule has 1 heteroatoms. The Morgan fingerprint density at radius 1 is 1.45 bits per heavy atom. The summed E-state index contributed by atoms with van der Waals surface area (Å²) < 4.78 is 0. The molecule has 0 aliphatic heterocycles. The molecule has 2 bridgehead atoms. The first kappa shape index (κ1) is 9.12. The van der Waals surface area contributed by atoms with Gasteiger partial charge in [0.25, 0.3) is 0 Å². The van der Waals surface area contributed by atoms with Crippen LogP contribution in [0.15, 0.2) is 11.6 Å². The fourth-order valence-corrected chi connectivity index (χ4v) is 2.66. The molecule has 3 rings (SSSR count). The normalized spacial score (nSPS) is 38.3. The van der Waals surface area contributed by atoms with Crippen LogP contribution in [-0.2, 0) is 0 Å². The largest absolute Gasteiger partial charge is 0.147 e. The van der Waals surface area contributed by atoms with Gasteiger partial charge in [0.15, 0.2) is 0 Å². The number of allylic oxidation sites excluding steroid dienone is 2. The van der Waals surface area contributed by atoms with Crippen molar-refractivity contribution in [3.63, 3.8) is 0 Å². The summed E-state index contributed by atoms with van der Waals surface area (Å²) in [5, 5.41) is 0. The van der Waals surface area contributed by atoms with Gasteiger partial charge in [-0.3, -0.25) is 0 Å². The van der Waals surface area contributed by atoms with Gasteiger partial charge in [-0.05, 0) is 37.0 Å². The lowest BCUT2D eigenvalue weighted by Gasteiger charge is -2.56. The van der Waals surface area contributed by atoms with Crippen LogP contribution in [0.5, 0.6) is 0 Å². The first-order chi connectivity index (χ1) is 4.62. The highest BCUT2D eigenvalue weighted by atomic mass is 35.5. The Kier molecular flexibility index (Phi) is 2.09. The number of halogens is 1. The van der Waals surface area contributed by atoms with Crippen molar-refractivity contribution >= 4 is 12.4 Å². The van der Waals surface area contributed by atoms with Crippen LogP contribution in [0.1, 0.15) is 33.6 Å². The molecule has 0 nitrogen and oxygen atoms in total. The van der Waals surface area contributed by atoms with Crippen molar-refractivity contribution in [3.05, 3.63) is 11.6 Å². The summed E-state index contributed by atoms with van der Waals surface area (Å²) in [6.07, 6.45) is 5.24. The molecule has 1 saturated carbocycles. The summed E-state index contributed by atoms with van der Waals surface area (Å²) in [4.78, 5) is 0. The molecule has 1 fully saturated rings. The zero-order valence-electron chi connectivity index (χ0n) is 7.55. The Bertz CT molecular complexity index is 191. The second-order valence-electron chi connectivity index (χ2n) is 4.49. The van der Waals surface area contributed by atoms with Crippen molar-refractivity contribution in [1.82, 2.24) is 0 Å². The molecule has 0 N–H and O–H groups in total. The van der Waals surface area contributed by atoms with Crippen LogP contribution in [-0.4, -0.2) is 0 Å². The minimum absolute atomic E-state index is 0. The van der Waals surface area contributed by atoms with E-state index in [1.165, 1.54) is 12.8 Å². The Morgan fingerprint density at radius 3 is 2.36 bits per heavy atom. The van der Waals surface area contributed by atoms with Gasteiger partial charge < -0.3 is 0 Å². The van der Waals surface area contributed by atoms with Crippen LogP contribution in [0, 0.1) is 17.3 Å². The Balaban J connectivity index is 0.000000605. The maximum absolute atomic E-state index is 2.43. The summed E-state index contributed by atoms with van der Waals surface area (Å²) >= 11 is 0. The van der Waals surface area contributed by atoms with E-state index in [-0.39, 0.29) is 12.4 Å². The van der Waals surface area contributed by atoms with Crippen molar-refractivity contribution in [3.8, 4) is 0 Å². The van der Waals surface area contributed by atoms with E-state index < -0.39 is 0 Å². The quantitative estimate of drug-likeness (QED) is 0.492. The van der Waals surface area contributed by atoms with Crippen LogP contribution in [0.25, 0.3) is 0 Å². The van der Waals surface area contributed by atoms with Crippen molar-refractivity contribution in [2.24, 2.45) is 17.3 Å². The standard InChI is InChI=1S/C10H16.ClH/c1-7-4-5-8-6-9(7)10(8,2)3;/h4,8-9H,5-6H2,1-3H3;1H. The van der Waals surface area contributed by atoms with Gasteiger partial charge in [-0.25, -0.2) is 0 Å². The average Bonchev–Trinajstić information content (AvgIpc) is 1.87. The van der Waals surface area contributed by atoms with Crippen LogP contribution < -0.4 is 0 Å². The van der Waals surface area contributed by atoms with Crippen LogP contribution >= 0.6 is 12.4 Å². The van der Waals surface area contributed by atoms with Crippen molar-refractivity contribution in [1.29, 1.82) is 0 Å². The van der Waals surface area contributed by atoms with Gasteiger partial charge in [0, 0.05) is 0 Å². The first-order valence-corrected chi connectivity index (χ1v) is 4.29. The molecule has 0 saturated heterocycles. The van der Waals surface area contributed by atoms with Gasteiger partial charge in [0.05, 0.1) is 0 Å². The average molecular weight is 173 g/mol. The molecule has 0 heterocycles. The molecular weight excluding hydrogens is 156 g/mol. The highest BCUT2D eigenvalue weighted by Crippen LogP contribution is 2.58. The van der Waals surface area contributed by atoms with Gasteiger partial charge in [-0.15, -0.1) is 12.4 Å². The molecule has 3 aliphatic rings. The summed E-state index contributed by atoms with van der Waals surface area (Å²) in [6, 6.07) is 0. The third-order valence-corrected chi connectivity index (χ3v) is 3.74. The van der Waals surface area contributed by atoms with Crippen molar-refractivity contribution < 1.29 is 0 Å². The minimum atomic E-state index is 0. The fourth-order valence-electron chi connectivity index (χ4n) is 2.66. The summed E-state index contributed by atoms with van der Waals surface area (Å²) in [5.74, 6) is 1.92. The van der Waals surface area contributed by atoms with Gasteiger partial charge in [-0.2, -0.15) is 0 Å². The number of hydrogen-bond acceptors (Lipinski definition) is 0. The molecule has 0 amide bonds. The number of hydrogen-bond donors (Lipinski definition) is 0. The highest BCUT2D eigenvalue weighted by molar-refractivity contribution is 5.85. The monoisotopic (exact) mass is 172 g/mol. The maximum Gasteiger partial charge on any atom is -0.0149 e. The molecule has 0 aromatic heterocycles. The lowest BCUT2D eigenvalue weighted by atomic mass is 9.49. The molecular formula is C10H17Cl. The predicted molar refractivity (Wildman–Crippen MR) is 51.0 cm³/mol. The lowest BCUT2D eigenvalue weighted by Crippen LogP contribution is -2.47. The minimum Gasteiger partial charge on any atom is -0.147 e. The molecule has 0 spiro atoms. The predicted octanol–water partition coefficient (Wildman–Crippen LogP) is 3.42. The fraction of sp³-hybridized carbons (Fsp3) is 0.800. The smallest absolute Gasteiger partial charge is 0.0149 e. The molecule has 64 valence electrons. The Morgan fingerprint density at radius 2 is 2.09 bits per heavy atom. The molecule has 0 aromatic rings. The van der Waals surface area contributed by atoms with Gasteiger partial charge in [0.1, 0.15) is 0 Å². The topological polar surface area (TPSA) is 0 Å². The van der Waals surface area contributed by atoms with Crippen LogP contribution in [0.2, 0.25) is 0 Å². The van der Waals surface area contributed by atoms with Crippen LogP contribution in [0.3, 0.4) is 0 Å². The molecule has 3 aliphatic carbocycles. The third kappa shape index (κ3) is 1.03.